The minimum absolute atomic E-state index is 0.0369. The van der Waals surface area contributed by atoms with E-state index in [1.54, 1.807) is 4.90 Å². The number of ether oxygens (including phenoxy) is 1. The molecule has 0 bridgehead atoms. The van der Waals surface area contributed by atoms with Crippen LogP contribution < -0.4 is 0 Å². The number of nitriles is 1. The normalized spacial score (nSPS) is 14.8. The summed E-state index contributed by atoms with van der Waals surface area (Å²) in [4.78, 5) is 28.0. The van der Waals surface area contributed by atoms with Gasteiger partial charge in [-0.25, -0.2) is 9.18 Å². The van der Waals surface area contributed by atoms with Gasteiger partial charge in [0.2, 0.25) is 5.91 Å². The molecule has 0 saturated heterocycles. The number of benzene rings is 2. The van der Waals surface area contributed by atoms with Gasteiger partial charge in [-0.3, -0.25) is 4.79 Å². The van der Waals surface area contributed by atoms with E-state index in [1.807, 2.05) is 31.2 Å². The molecule has 0 radical (unpaired) electrons. The summed E-state index contributed by atoms with van der Waals surface area (Å²) < 4.78 is 19.0. The number of esters is 1. The number of hydrogen-bond donors (Lipinski definition) is 0. The van der Waals surface area contributed by atoms with Gasteiger partial charge < -0.3 is 9.64 Å². The lowest BCUT2D eigenvalue weighted by Gasteiger charge is -2.44. The van der Waals surface area contributed by atoms with Gasteiger partial charge in [-0.15, -0.1) is 0 Å². The van der Waals surface area contributed by atoms with Crippen LogP contribution in [0.25, 0.3) is 11.1 Å². The number of carbonyl (C=O) groups is 2. The number of halogens is 1. The number of unbranched alkanes of at least 4 members (excludes halogenated alkanes) is 1. The average Bonchev–Trinajstić information content (AvgIpc) is 2.86. The number of amides is 1. The van der Waals surface area contributed by atoms with Crippen molar-refractivity contribution in [1.29, 1.82) is 5.26 Å². The van der Waals surface area contributed by atoms with Crippen LogP contribution in [0.3, 0.4) is 0 Å². The zero-order valence-corrected chi connectivity index (χ0v) is 19.4. The third kappa shape index (κ3) is 5.42. The average molecular weight is 451 g/mol. The lowest BCUT2D eigenvalue weighted by molar-refractivity contribution is -0.166. The summed E-state index contributed by atoms with van der Waals surface area (Å²) in [6, 6.07) is 13.6. The highest BCUT2D eigenvalue weighted by atomic mass is 19.1. The minimum Gasteiger partial charge on any atom is -0.467 e. The Morgan fingerprint density at radius 2 is 1.82 bits per heavy atom. The molecule has 0 atom stereocenters. The van der Waals surface area contributed by atoms with Crippen LogP contribution in [0.4, 0.5) is 4.39 Å². The molecule has 1 amide bonds. The van der Waals surface area contributed by atoms with Gasteiger partial charge >= 0.3 is 5.97 Å². The van der Waals surface area contributed by atoms with Crippen molar-refractivity contribution in [2.45, 2.75) is 70.4 Å². The molecule has 2 aromatic carbocycles. The fourth-order valence-electron chi connectivity index (χ4n) is 4.68. The third-order valence-corrected chi connectivity index (χ3v) is 6.52. The monoisotopic (exact) mass is 450 g/mol. The summed E-state index contributed by atoms with van der Waals surface area (Å²) in [5.41, 5.74) is 1.57. The molecule has 0 aliphatic heterocycles. The molecule has 33 heavy (non-hydrogen) atoms. The van der Waals surface area contributed by atoms with E-state index in [4.69, 9.17) is 4.74 Å². The van der Waals surface area contributed by atoms with Gasteiger partial charge in [0.1, 0.15) is 11.4 Å². The quantitative estimate of drug-likeness (QED) is 0.480. The molecule has 1 saturated carbocycles. The van der Waals surface area contributed by atoms with E-state index in [0.717, 1.165) is 43.2 Å². The summed E-state index contributed by atoms with van der Waals surface area (Å²) in [5.74, 6) is -0.787. The Morgan fingerprint density at radius 3 is 2.42 bits per heavy atom. The number of nitrogens with zero attached hydrogens (tertiary/aromatic N) is 2. The van der Waals surface area contributed by atoms with E-state index in [2.05, 4.69) is 6.07 Å². The Bertz CT molecular complexity index is 1020. The van der Waals surface area contributed by atoms with Gasteiger partial charge in [-0.05, 0) is 48.6 Å². The van der Waals surface area contributed by atoms with E-state index in [-0.39, 0.29) is 11.9 Å². The first-order chi connectivity index (χ1) is 15.9. The Hall–Kier alpha value is -3.20. The molecule has 2 aromatic rings. The molecule has 174 valence electrons. The Balaban J connectivity index is 1.93. The van der Waals surface area contributed by atoms with Gasteiger partial charge in [0.25, 0.3) is 0 Å². The van der Waals surface area contributed by atoms with Crippen molar-refractivity contribution in [2.75, 3.05) is 7.11 Å². The fraction of sp³-hybridized carbons (Fsp3) is 0.444. The standard InChI is InChI=1S/C27H31FN2O3/c1-3-4-8-25(31)30(27(26(32)33-2)15-6-5-7-16-27)19-20-9-11-21(12-10-20)24-17-23(28)14-13-22(24)18-29/h9-14,17H,3-8,15-16,19H2,1-2H3. The Morgan fingerprint density at radius 1 is 1.12 bits per heavy atom. The van der Waals surface area contributed by atoms with Crippen molar-refractivity contribution in [3.63, 3.8) is 0 Å². The second-order valence-electron chi connectivity index (χ2n) is 8.67. The maximum absolute atomic E-state index is 13.8. The highest BCUT2D eigenvalue weighted by Gasteiger charge is 2.47. The molecular weight excluding hydrogens is 419 g/mol. The minimum atomic E-state index is -0.937. The van der Waals surface area contributed by atoms with E-state index in [9.17, 15) is 19.2 Å². The van der Waals surface area contributed by atoms with Crippen LogP contribution in [0.15, 0.2) is 42.5 Å². The molecular formula is C27H31FN2O3. The molecule has 3 rings (SSSR count). The summed E-state index contributed by atoms with van der Waals surface area (Å²) in [6.07, 6.45) is 6.05. The molecule has 1 aliphatic carbocycles. The van der Waals surface area contributed by atoms with Gasteiger partial charge in [0.15, 0.2) is 0 Å². The molecule has 6 heteroatoms. The SMILES string of the molecule is CCCCC(=O)N(Cc1ccc(-c2cc(F)ccc2C#N)cc1)C1(C(=O)OC)CCCCC1. The lowest BCUT2D eigenvalue weighted by atomic mass is 9.79. The second-order valence-corrected chi connectivity index (χ2v) is 8.67. The summed E-state index contributed by atoms with van der Waals surface area (Å²) in [6.45, 7) is 2.33. The summed E-state index contributed by atoms with van der Waals surface area (Å²) in [5, 5.41) is 9.36. The first-order valence-electron chi connectivity index (χ1n) is 11.6. The molecule has 0 unspecified atom stereocenters. The molecule has 1 aliphatic rings. The summed E-state index contributed by atoms with van der Waals surface area (Å²) >= 11 is 0. The second kappa shape index (κ2) is 11.1. The van der Waals surface area contributed by atoms with E-state index >= 15 is 0 Å². The molecule has 0 spiro atoms. The molecule has 1 fully saturated rings. The largest absolute Gasteiger partial charge is 0.467 e. The predicted octanol–water partition coefficient (Wildman–Crippen LogP) is 5.76. The lowest BCUT2D eigenvalue weighted by Crippen LogP contribution is -2.58. The Kier molecular flexibility index (Phi) is 8.21. The topological polar surface area (TPSA) is 70.4 Å². The zero-order valence-electron chi connectivity index (χ0n) is 19.4. The van der Waals surface area contributed by atoms with Crippen LogP contribution in [0, 0.1) is 17.1 Å². The number of carbonyl (C=O) groups excluding carboxylic acids is 2. The number of hydrogen-bond acceptors (Lipinski definition) is 4. The molecule has 0 heterocycles. The number of rotatable bonds is 8. The van der Waals surface area contributed by atoms with Crippen LogP contribution in [0.2, 0.25) is 0 Å². The maximum atomic E-state index is 13.8. The third-order valence-electron chi connectivity index (χ3n) is 6.52. The van der Waals surface area contributed by atoms with E-state index in [1.165, 1.54) is 25.3 Å². The molecule has 5 nitrogen and oxygen atoms in total. The Labute approximate surface area is 195 Å². The van der Waals surface area contributed by atoms with E-state index < -0.39 is 11.4 Å². The first-order valence-corrected chi connectivity index (χ1v) is 11.6. The van der Waals surface area contributed by atoms with Gasteiger partial charge in [0.05, 0.1) is 18.7 Å². The zero-order chi connectivity index (χ0) is 23.8. The van der Waals surface area contributed by atoms with Crippen LogP contribution in [-0.4, -0.2) is 29.4 Å². The first kappa shape index (κ1) is 24.4. The maximum Gasteiger partial charge on any atom is 0.331 e. The van der Waals surface area contributed by atoms with Crippen molar-refractivity contribution >= 4 is 11.9 Å². The molecule has 0 aromatic heterocycles. The number of methoxy groups -OCH3 is 1. The van der Waals surface area contributed by atoms with Crippen LogP contribution in [0.1, 0.15) is 69.4 Å². The van der Waals surface area contributed by atoms with Crippen LogP contribution >= 0.6 is 0 Å². The van der Waals surface area contributed by atoms with Gasteiger partial charge in [-0.2, -0.15) is 5.26 Å². The highest BCUT2D eigenvalue weighted by Crippen LogP contribution is 2.37. The van der Waals surface area contributed by atoms with E-state index in [0.29, 0.717) is 36.9 Å². The van der Waals surface area contributed by atoms with Crippen LogP contribution in [-0.2, 0) is 20.9 Å². The van der Waals surface area contributed by atoms with Crippen molar-refractivity contribution in [2.24, 2.45) is 0 Å². The fourth-order valence-corrected chi connectivity index (χ4v) is 4.68. The van der Waals surface area contributed by atoms with Crippen molar-refractivity contribution in [3.8, 4) is 17.2 Å². The smallest absolute Gasteiger partial charge is 0.331 e. The van der Waals surface area contributed by atoms with Gasteiger partial charge in [0, 0.05) is 18.5 Å². The van der Waals surface area contributed by atoms with Crippen molar-refractivity contribution in [3.05, 3.63) is 59.4 Å². The summed E-state index contributed by atoms with van der Waals surface area (Å²) in [7, 11) is 1.38. The molecule has 0 N–H and O–H groups in total. The van der Waals surface area contributed by atoms with Crippen molar-refractivity contribution < 1.29 is 18.7 Å². The van der Waals surface area contributed by atoms with Crippen LogP contribution in [0.5, 0.6) is 0 Å². The van der Waals surface area contributed by atoms with Crippen molar-refractivity contribution in [1.82, 2.24) is 4.90 Å². The van der Waals surface area contributed by atoms with Gasteiger partial charge in [-0.1, -0.05) is 56.9 Å². The highest BCUT2D eigenvalue weighted by molar-refractivity contribution is 5.88. The predicted molar refractivity (Wildman–Crippen MR) is 124 cm³/mol.